The van der Waals surface area contributed by atoms with E-state index in [1.54, 1.807) is 11.8 Å². The van der Waals surface area contributed by atoms with Crippen molar-refractivity contribution in [3.05, 3.63) is 82.8 Å². The molecule has 0 bridgehead atoms. The molecule has 170 valence electrons. The van der Waals surface area contributed by atoms with Gasteiger partial charge in [0.05, 0.1) is 5.69 Å². The number of carbonyl (C=O) groups excluding carboxylic acids is 1. The van der Waals surface area contributed by atoms with Crippen LogP contribution in [0.4, 0.5) is 0 Å². The third-order valence-electron chi connectivity index (χ3n) is 6.06. The summed E-state index contributed by atoms with van der Waals surface area (Å²) in [4.78, 5) is 18.6. The fourth-order valence-corrected chi connectivity index (χ4v) is 4.65. The van der Waals surface area contributed by atoms with Crippen LogP contribution in [-0.2, 0) is 17.6 Å². The lowest BCUT2D eigenvalue weighted by atomic mass is 10.0. The molecule has 0 atom stereocenters. The topological polar surface area (TPSA) is 59.3 Å². The second kappa shape index (κ2) is 10.2. The molecule has 5 nitrogen and oxygen atoms in total. The Morgan fingerprint density at radius 3 is 2.39 bits per heavy atom. The highest BCUT2D eigenvalue weighted by Crippen LogP contribution is 2.29. The number of hydrogen-bond donors (Lipinski definition) is 1. The number of hydrogen-bond acceptors (Lipinski definition) is 4. The van der Waals surface area contributed by atoms with Crippen molar-refractivity contribution in [2.24, 2.45) is 0 Å². The number of rotatable bonds is 8. The molecule has 0 unspecified atom stereocenters. The molecule has 0 aliphatic rings. The molecular weight excluding hydrogens is 428 g/mol. The summed E-state index contributed by atoms with van der Waals surface area (Å²) in [6.07, 6.45) is 3.99. The zero-order valence-corrected chi connectivity index (χ0v) is 20.5. The van der Waals surface area contributed by atoms with Gasteiger partial charge >= 0.3 is 0 Å². The van der Waals surface area contributed by atoms with E-state index >= 15 is 0 Å². The Morgan fingerprint density at radius 1 is 0.970 bits per heavy atom. The average Bonchev–Trinajstić information content (AvgIpc) is 3.15. The van der Waals surface area contributed by atoms with Crippen LogP contribution >= 0.6 is 11.8 Å². The van der Waals surface area contributed by atoms with Crippen LogP contribution in [0.25, 0.3) is 16.8 Å². The summed E-state index contributed by atoms with van der Waals surface area (Å²) in [5.41, 5.74) is 8.34. The molecule has 2 heterocycles. The normalized spacial score (nSPS) is 11.2. The molecule has 0 radical (unpaired) electrons. The first-order valence-corrected chi connectivity index (χ1v) is 12.5. The van der Waals surface area contributed by atoms with Crippen molar-refractivity contribution in [3.63, 3.8) is 0 Å². The molecule has 0 saturated carbocycles. The quantitative estimate of drug-likeness (QED) is 0.362. The second-order valence-electron chi connectivity index (χ2n) is 8.27. The van der Waals surface area contributed by atoms with Gasteiger partial charge in [-0.25, -0.2) is 9.50 Å². The molecular formula is C27H30N4OS. The third kappa shape index (κ3) is 5.11. The molecule has 2 aromatic carbocycles. The second-order valence-corrected chi connectivity index (χ2v) is 9.15. The Labute approximate surface area is 199 Å². The van der Waals surface area contributed by atoms with Crippen LogP contribution in [0.2, 0.25) is 0 Å². The molecule has 0 spiro atoms. The maximum Gasteiger partial charge on any atom is 0.220 e. The van der Waals surface area contributed by atoms with E-state index in [1.807, 2.05) is 36.6 Å². The smallest absolute Gasteiger partial charge is 0.220 e. The molecule has 33 heavy (non-hydrogen) atoms. The highest BCUT2D eigenvalue weighted by atomic mass is 32.2. The number of carbonyl (C=O) groups is 1. The Morgan fingerprint density at radius 2 is 1.70 bits per heavy atom. The van der Waals surface area contributed by atoms with E-state index in [4.69, 9.17) is 10.1 Å². The van der Waals surface area contributed by atoms with E-state index in [0.717, 1.165) is 45.8 Å². The molecule has 1 N–H and O–H groups in total. The number of aromatic nitrogens is 3. The van der Waals surface area contributed by atoms with E-state index in [-0.39, 0.29) is 5.91 Å². The molecule has 0 aliphatic carbocycles. The predicted molar refractivity (Wildman–Crippen MR) is 136 cm³/mol. The standard InChI is InChI=1S/C27H30N4OS/c1-18-24(14-15-25(32)28-17-16-21-10-12-23(33-4)13-11-21)20(3)31-27(29-18)26(19(2)30-31)22-8-6-5-7-9-22/h5-13H,14-17H2,1-4H3,(H,28,32). The van der Waals surface area contributed by atoms with Crippen LogP contribution in [0.15, 0.2) is 59.5 Å². The first-order chi connectivity index (χ1) is 16.0. The van der Waals surface area contributed by atoms with Crippen LogP contribution in [0, 0.1) is 20.8 Å². The number of amides is 1. The SMILES string of the molecule is CSc1ccc(CCNC(=O)CCc2c(C)nc3c(-c4ccccc4)c(C)nn3c2C)cc1. The maximum absolute atomic E-state index is 12.5. The van der Waals surface area contributed by atoms with E-state index in [9.17, 15) is 4.79 Å². The van der Waals surface area contributed by atoms with Crippen LogP contribution in [0.1, 0.15) is 34.6 Å². The minimum absolute atomic E-state index is 0.0660. The molecule has 4 rings (SSSR count). The number of fused-ring (bicyclic) bond motifs is 1. The molecule has 1 amide bonds. The fraction of sp³-hybridized carbons (Fsp3) is 0.296. The number of nitrogens with one attached hydrogen (secondary N) is 1. The van der Waals surface area contributed by atoms with Gasteiger partial charge in [-0.15, -0.1) is 11.8 Å². The van der Waals surface area contributed by atoms with Gasteiger partial charge in [0.25, 0.3) is 0 Å². The Balaban J connectivity index is 1.42. The number of aryl methyl sites for hydroxylation is 3. The summed E-state index contributed by atoms with van der Waals surface area (Å²) in [6, 6.07) is 18.8. The van der Waals surface area contributed by atoms with Crippen molar-refractivity contribution in [2.45, 2.75) is 44.9 Å². The summed E-state index contributed by atoms with van der Waals surface area (Å²) in [7, 11) is 0. The first kappa shape index (κ1) is 23.1. The highest BCUT2D eigenvalue weighted by Gasteiger charge is 2.18. The summed E-state index contributed by atoms with van der Waals surface area (Å²) in [5, 5.41) is 7.82. The number of thioether (sulfide) groups is 1. The first-order valence-electron chi connectivity index (χ1n) is 11.3. The monoisotopic (exact) mass is 458 g/mol. The zero-order valence-electron chi connectivity index (χ0n) is 19.7. The number of nitrogens with zero attached hydrogens (tertiary/aromatic N) is 3. The molecule has 6 heteroatoms. The van der Waals surface area contributed by atoms with Crippen LogP contribution in [0.5, 0.6) is 0 Å². The van der Waals surface area contributed by atoms with Gasteiger partial charge in [-0.2, -0.15) is 5.10 Å². The summed E-state index contributed by atoms with van der Waals surface area (Å²) >= 11 is 1.73. The Bertz CT molecular complexity index is 1260. The largest absolute Gasteiger partial charge is 0.356 e. The van der Waals surface area contributed by atoms with E-state index in [0.29, 0.717) is 19.4 Å². The minimum atomic E-state index is 0.0660. The van der Waals surface area contributed by atoms with Crippen molar-refractivity contribution in [1.82, 2.24) is 19.9 Å². The van der Waals surface area contributed by atoms with Crippen molar-refractivity contribution in [1.29, 1.82) is 0 Å². The highest BCUT2D eigenvalue weighted by molar-refractivity contribution is 7.98. The predicted octanol–water partition coefficient (Wildman–Crippen LogP) is 5.33. The summed E-state index contributed by atoms with van der Waals surface area (Å²) in [6.45, 7) is 6.75. The minimum Gasteiger partial charge on any atom is -0.356 e. The third-order valence-corrected chi connectivity index (χ3v) is 6.80. The van der Waals surface area contributed by atoms with Crippen LogP contribution in [-0.4, -0.2) is 33.3 Å². The molecule has 4 aromatic rings. The van der Waals surface area contributed by atoms with Gasteiger partial charge in [0, 0.05) is 34.8 Å². The molecule has 0 fully saturated rings. The maximum atomic E-state index is 12.5. The lowest BCUT2D eigenvalue weighted by Crippen LogP contribution is -2.26. The van der Waals surface area contributed by atoms with Gasteiger partial charge in [-0.05, 0) is 68.7 Å². The average molecular weight is 459 g/mol. The summed E-state index contributed by atoms with van der Waals surface area (Å²) < 4.78 is 1.93. The van der Waals surface area contributed by atoms with Crippen molar-refractivity contribution >= 4 is 23.3 Å². The molecule has 0 aliphatic heterocycles. The summed E-state index contributed by atoms with van der Waals surface area (Å²) in [5.74, 6) is 0.0660. The van der Waals surface area contributed by atoms with Crippen molar-refractivity contribution in [2.75, 3.05) is 12.8 Å². The number of benzene rings is 2. The Kier molecular flexibility index (Phi) is 7.14. The zero-order chi connectivity index (χ0) is 23.4. The Hall–Kier alpha value is -3.12. The fourth-order valence-electron chi connectivity index (χ4n) is 4.24. The van der Waals surface area contributed by atoms with Crippen LogP contribution in [0.3, 0.4) is 0 Å². The van der Waals surface area contributed by atoms with Gasteiger partial charge in [-0.3, -0.25) is 4.79 Å². The van der Waals surface area contributed by atoms with Gasteiger partial charge in [-0.1, -0.05) is 42.5 Å². The van der Waals surface area contributed by atoms with Gasteiger partial charge in [0.1, 0.15) is 0 Å². The van der Waals surface area contributed by atoms with Crippen molar-refractivity contribution < 1.29 is 4.79 Å². The lowest BCUT2D eigenvalue weighted by molar-refractivity contribution is -0.121. The van der Waals surface area contributed by atoms with Crippen LogP contribution < -0.4 is 5.32 Å². The van der Waals surface area contributed by atoms with Gasteiger partial charge in [0.2, 0.25) is 5.91 Å². The molecule has 2 aromatic heterocycles. The lowest BCUT2D eigenvalue weighted by Gasteiger charge is -2.12. The molecule has 0 saturated heterocycles. The van der Waals surface area contributed by atoms with E-state index in [2.05, 4.69) is 54.9 Å². The van der Waals surface area contributed by atoms with E-state index < -0.39 is 0 Å². The van der Waals surface area contributed by atoms with Gasteiger partial charge in [0.15, 0.2) is 5.65 Å². The van der Waals surface area contributed by atoms with Crippen molar-refractivity contribution in [3.8, 4) is 11.1 Å². The van der Waals surface area contributed by atoms with E-state index in [1.165, 1.54) is 10.5 Å². The van der Waals surface area contributed by atoms with Gasteiger partial charge < -0.3 is 5.32 Å².